The highest BCUT2D eigenvalue weighted by molar-refractivity contribution is 7.23. The largest absolute Gasteiger partial charge is 0.352 e. The Morgan fingerprint density at radius 3 is 2.83 bits per heavy atom. The first-order chi connectivity index (χ1) is 11.6. The third-order valence-electron chi connectivity index (χ3n) is 4.25. The lowest BCUT2D eigenvalue weighted by Crippen LogP contribution is -2.46. The molecule has 1 aliphatic heterocycles. The first kappa shape index (κ1) is 16.1. The van der Waals surface area contributed by atoms with Crippen molar-refractivity contribution >= 4 is 46.1 Å². The number of aromatic nitrogens is 1. The van der Waals surface area contributed by atoms with Crippen LogP contribution < -0.4 is 5.32 Å². The second kappa shape index (κ2) is 6.46. The second-order valence-corrected chi connectivity index (χ2v) is 8.65. The first-order valence-corrected chi connectivity index (χ1v) is 10.0. The van der Waals surface area contributed by atoms with Crippen LogP contribution >= 0.6 is 34.3 Å². The Bertz CT molecular complexity index is 784. The number of hydrogen-bond acceptors (Lipinski definition) is 5. The van der Waals surface area contributed by atoms with Gasteiger partial charge in [-0.05, 0) is 37.8 Å². The lowest BCUT2D eigenvalue weighted by molar-refractivity contribution is -0.125. The highest BCUT2D eigenvalue weighted by atomic mass is 35.5. The van der Waals surface area contributed by atoms with Gasteiger partial charge in [0.2, 0.25) is 5.91 Å². The van der Waals surface area contributed by atoms with Crippen molar-refractivity contribution in [2.24, 2.45) is 0 Å². The molecule has 4 rings (SSSR count). The summed E-state index contributed by atoms with van der Waals surface area (Å²) in [7, 11) is 0. The van der Waals surface area contributed by atoms with Gasteiger partial charge in [0, 0.05) is 18.0 Å². The zero-order valence-electron chi connectivity index (χ0n) is 12.8. The summed E-state index contributed by atoms with van der Waals surface area (Å²) in [6.07, 6.45) is 3.67. The fraction of sp³-hybridized carbons (Fsp3) is 0.438. The molecule has 0 spiro atoms. The third-order valence-corrected chi connectivity index (χ3v) is 6.49. The van der Waals surface area contributed by atoms with E-state index in [2.05, 4.69) is 10.3 Å². The maximum Gasteiger partial charge on any atom is 0.274 e. The molecule has 1 aliphatic carbocycles. The predicted octanol–water partition coefficient (Wildman–Crippen LogP) is 3.41. The molecule has 2 aromatic rings. The molecule has 1 N–H and O–H groups in total. The van der Waals surface area contributed by atoms with Gasteiger partial charge in [0.25, 0.3) is 5.91 Å². The summed E-state index contributed by atoms with van der Waals surface area (Å²) in [6, 6.07) is 3.68. The van der Waals surface area contributed by atoms with Gasteiger partial charge in [-0.25, -0.2) is 4.98 Å². The molecular weight excluding hydrogens is 366 g/mol. The molecule has 0 bridgehead atoms. The van der Waals surface area contributed by atoms with E-state index in [4.69, 9.17) is 11.6 Å². The van der Waals surface area contributed by atoms with E-state index in [0.717, 1.165) is 35.6 Å². The van der Waals surface area contributed by atoms with Crippen LogP contribution in [-0.2, 0) is 4.79 Å². The maximum atomic E-state index is 12.8. The summed E-state index contributed by atoms with van der Waals surface area (Å²) in [5, 5.41) is 5.55. The van der Waals surface area contributed by atoms with E-state index in [1.807, 2.05) is 12.1 Å². The average molecular weight is 382 g/mol. The Hall–Kier alpha value is -1.44. The Morgan fingerprint density at radius 1 is 1.29 bits per heavy atom. The molecule has 1 saturated heterocycles. The standard InChI is InChI=1S/C16H16ClN3O2S2/c17-13-6-5-12(24-13)15-19-10(8-23-15)16(22)20-7-1-2-11(20)14(21)18-9-3-4-9/h5-6,8-9,11H,1-4,7H2,(H,18,21). The van der Waals surface area contributed by atoms with E-state index in [-0.39, 0.29) is 17.9 Å². The zero-order valence-corrected chi connectivity index (χ0v) is 15.2. The number of likely N-dealkylation sites (tertiary alicyclic amines) is 1. The summed E-state index contributed by atoms with van der Waals surface area (Å²) in [6.45, 7) is 0.610. The smallest absolute Gasteiger partial charge is 0.274 e. The van der Waals surface area contributed by atoms with Crippen molar-refractivity contribution in [2.75, 3.05) is 6.54 Å². The summed E-state index contributed by atoms with van der Waals surface area (Å²) in [5.74, 6) is -0.183. The van der Waals surface area contributed by atoms with Crippen LogP contribution in [-0.4, -0.2) is 40.3 Å². The highest BCUT2D eigenvalue weighted by Gasteiger charge is 2.37. The van der Waals surface area contributed by atoms with Crippen LogP contribution in [0.15, 0.2) is 17.5 Å². The fourth-order valence-electron chi connectivity index (χ4n) is 2.87. The number of nitrogens with one attached hydrogen (secondary N) is 1. The molecule has 1 saturated carbocycles. The summed E-state index contributed by atoms with van der Waals surface area (Å²) >= 11 is 8.83. The molecule has 8 heteroatoms. The summed E-state index contributed by atoms with van der Waals surface area (Å²) in [4.78, 5) is 32.2. The number of thiazole rings is 1. The Balaban J connectivity index is 1.50. The van der Waals surface area contributed by atoms with E-state index < -0.39 is 0 Å². The molecule has 24 heavy (non-hydrogen) atoms. The summed E-state index contributed by atoms with van der Waals surface area (Å²) < 4.78 is 0.699. The van der Waals surface area contributed by atoms with Gasteiger partial charge >= 0.3 is 0 Å². The van der Waals surface area contributed by atoms with E-state index in [1.165, 1.54) is 22.7 Å². The van der Waals surface area contributed by atoms with Gasteiger partial charge in [0.05, 0.1) is 9.21 Å². The van der Waals surface area contributed by atoms with Crippen LogP contribution in [0.5, 0.6) is 0 Å². The van der Waals surface area contributed by atoms with Crippen molar-refractivity contribution in [1.82, 2.24) is 15.2 Å². The van der Waals surface area contributed by atoms with Crippen LogP contribution in [0, 0.1) is 0 Å². The van der Waals surface area contributed by atoms with E-state index >= 15 is 0 Å². The molecule has 1 atom stereocenters. The van der Waals surface area contributed by atoms with Gasteiger partial charge in [-0.15, -0.1) is 22.7 Å². The maximum absolute atomic E-state index is 12.8. The fourth-order valence-corrected chi connectivity index (χ4v) is 4.78. The highest BCUT2D eigenvalue weighted by Crippen LogP contribution is 2.33. The monoisotopic (exact) mass is 381 g/mol. The normalized spacial score (nSPS) is 20.4. The number of hydrogen-bond donors (Lipinski definition) is 1. The number of amides is 2. The van der Waals surface area contributed by atoms with E-state index in [1.54, 1.807) is 10.3 Å². The lowest BCUT2D eigenvalue weighted by atomic mass is 10.2. The predicted molar refractivity (Wildman–Crippen MR) is 95.7 cm³/mol. The van der Waals surface area contributed by atoms with Crippen molar-refractivity contribution in [3.63, 3.8) is 0 Å². The van der Waals surface area contributed by atoms with Gasteiger partial charge in [0.15, 0.2) is 0 Å². The molecule has 126 valence electrons. The van der Waals surface area contributed by atoms with Gasteiger partial charge in [-0.1, -0.05) is 11.6 Å². The van der Waals surface area contributed by atoms with E-state index in [9.17, 15) is 9.59 Å². The zero-order chi connectivity index (χ0) is 16.7. The van der Waals surface area contributed by atoms with Crippen LogP contribution in [0.4, 0.5) is 0 Å². The van der Waals surface area contributed by atoms with Crippen molar-refractivity contribution in [2.45, 2.75) is 37.8 Å². The minimum absolute atomic E-state index is 0.0242. The van der Waals surface area contributed by atoms with Gasteiger partial charge in [-0.2, -0.15) is 0 Å². The number of carbonyl (C=O) groups excluding carboxylic acids is 2. The molecule has 5 nitrogen and oxygen atoms in total. The van der Waals surface area contributed by atoms with Crippen molar-refractivity contribution in [1.29, 1.82) is 0 Å². The molecule has 0 radical (unpaired) electrons. The topological polar surface area (TPSA) is 62.3 Å². The second-order valence-electron chi connectivity index (χ2n) is 6.08. The van der Waals surface area contributed by atoms with Crippen LogP contribution in [0.1, 0.15) is 36.2 Å². The quantitative estimate of drug-likeness (QED) is 0.882. The van der Waals surface area contributed by atoms with Crippen LogP contribution in [0.3, 0.4) is 0 Å². The van der Waals surface area contributed by atoms with Crippen molar-refractivity contribution in [3.8, 4) is 9.88 Å². The molecular formula is C16H16ClN3O2S2. The van der Waals surface area contributed by atoms with Gasteiger partial charge in [0.1, 0.15) is 16.7 Å². The first-order valence-electron chi connectivity index (χ1n) is 7.94. The molecule has 3 heterocycles. The molecule has 1 unspecified atom stereocenters. The minimum Gasteiger partial charge on any atom is -0.352 e. The van der Waals surface area contributed by atoms with Gasteiger partial charge < -0.3 is 10.2 Å². The molecule has 2 amide bonds. The number of carbonyl (C=O) groups is 2. The SMILES string of the molecule is O=C(NC1CC1)C1CCCN1C(=O)c1csc(-c2ccc(Cl)s2)n1. The third kappa shape index (κ3) is 3.20. The Labute approximate surface area is 152 Å². The molecule has 2 aliphatic rings. The molecule has 2 aromatic heterocycles. The Morgan fingerprint density at radius 2 is 2.12 bits per heavy atom. The lowest BCUT2D eigenvalue weighted by Gasteiger charge is -2.23. The van der Waals surface area contributed by atoms with Gasteiger partial charge in [-0.3, -0.25) is 9.59 Å². The number of thiophene rings is 1. The number of halogens is 1. The van der Waals surface area contributed by atoms with Crippen LogP contribution in [0.25, 0.3) is 9.88 Å². The number of nitrogens with zero attached hydrogens (tertiary/aromatic N) is 2. The number of rotatable bonds is 4. The molecule has 0 aromatic carbocycles. The van der Waals surface area contributed by atoms with Crippen molar-refractivity contribution < 1.29 is 9.59 Å². The Kier molecular flexibility index (Phi) is 4.32. The minimum atomic E-state index is -0.362. The summed E-state index contributed by atoms with van der Waals surface area (Å²) in [5.41, 5.74) is 0.408. The van der Waals surface area contributed by atoms with Crippen LogP contribution in [0.2, 0.25) is 4.34 Å². The molecule has 2 fully saturated rings. The van der Waals surface area contributed by atoms with Crippen molar-refractivity contribution in [3.05, 3.63) is 27.5 Å². The average Bonchev–Trinajstić information content (AvgIpc) is 3.03. The van der Waals surface area contributed by atoms with E-state index in [0.29, 0.717) is 22.6 Å².